The van der Waals surface area contributed by atoms with Crippen LogP contribution in [0.3, 0.4) is 0 Å². The lowest BCUT2D eigenvalue weighted by atomic mass is 10.0. The first kappa shape index (κ1) is 20.1. The number of aromatic nitrogens is 2. The molecule has 2 N–H and O–H groups in total. The first-order valence-corrected chi connectivity index (χ1v) is 8.96. The number of hydrogen-bond donors (Lipinski definition) is 2. The van der Waals surface area contributed by atoms with Crippen molar-refractivity contribution < 1.29 is 24.2 Å². The van der Waals surface area contributed by atoms with Gasteiger partial charge in [-0.25, -0.2) is 9.78 Å². The number of ether oxygens (including phenoxy) is 2. The maximum atomic E-state index is 12.7. The number of carbonyl (C=O) groups is 2. The van der Waals surface area contributed by atoms with Gasteiger partial charge in [0.25, 0.3) is 5.91 Å². The molecular weight excluding hydrogens is 358 g/mol. The standard InChI is InChI=1S/C17H23N3O5S/c1-8(2)6-10(17(22)23)18-14(21)13-9(3)12-15(25-5)19-11(7-24-4)20-16(12)26-13/h8,10H,6-7H2,1-5H3,(H,18,21)(H,22,23)/t10-/m1/s1. The second kappa shape index (κ2) is 8.41. The number of amides is 1. The van der Waals surface area contributed by atoms with Gasteiger partial charge in [0.05, 0.1) is 17.4 Å². The predicted octanol–water partition coefficient (Wildman–Crippen LogP) is 2.38. The highest BCUT2D eigenvalue weighted by Gasteiger charge is 2.26. The Balaban J connectivity index is 2.41. The van der Waals surface area contributed by atoms with E-state index < -0.39 is 17.9 Å². The number of carbonyl (C=O) groups excluding carboxylic acids is 1. The molecule has 0 spiro atoms. The second-order valence-electron chi connectivity index (χ2n) is 6.31. The Morgan fingerprint density at radius 1 is 1.27 bits per heavy atom. The second-order valence-corrected chi connectivity index (χ2v) is 7.31. The van der Waals surface area contributed by atoms with Gasteiger partial charge < -0.3 is 19.9 Å². The third-order valence-electron chi connectivity index (χ3n) is 3.79. The number of carboxylic acids is 1. The summed E-state index contributed by atoms with van der Waals surface area (Å²) in [6, 6.07) is -0.941. The Bertz CT molecular complexity index is 818. The fraction of sp³-hybridized carbons (Fsp3) is 0.529. The fourth-order valence-corrected chi connectivity index (χ4v) is 3.71. The summed E-state index contributed by atoms with van der Waals surface area (Å²) in [6.07, 6.45) is 0.353. The Morgan fingerprint density at radius 2 is 1.96 bits per heavy atom. The van der Waals surface area contributed by atoms with Crippen molar-refractivity contribution in [2.24, 2.45) is 5.92 Å². The predicted molar refractivity (Wildman–Crippen MR) is 97.8 cm³/mol. The molecule has 142 valence electrons. The van der Waals surface area contributed by atoms with E-state index in [-0.39, 0.29) is 12.5 Å². The van der Waals surface area contributed by atoms with Crippen LogP contribution in [-0.2, 0) is 16.1 Å². The van der Waals surface area contributed by atoms with E-state index in [1.807, 2.05) is 13.8 Å². The first-order chi connectivity index (χ1) is 12.3. The van der Waals surface area contributed by atoms with Crippen molar-refractivity contribution in [2.75, 3.05) is 14.2 Å². The molecule has 0 aromatic carbocycles. The summed E-state index contributed by atoms with van der Waals surface area (Å²) < 4.78 is 10.4. The molecule has 2 aromatic heterocycles. The maximum absolute atomic E-state index is 12.7. The Labute approximate surface area is 155 Å². The van der Waals surface area contributed by atoms with Gasteiger partial charge in [0, 0.05) is 7.11 Å². The Kier molecular flexibility index (Phi) is 6.49. The zero-order valence-corrected chi connectivity index (χ0v) is 16.3. The van der Waals surface area contributed by atoms with E-state index in [2.05, 4.69) is 15.3 Å². The molecule has 0 fully saturated rings. The van der Waals surface area contributed by atoms with Gasteiger partial charge in [-0.1, -0.05) is 13.8 Å². The molecule has 2 rings (SSSR count). The molecule has 2 heterocycles. The molecule has 0 aliphatic rings. The summed E-state index contributed by atoms with van der Waals surface area (Å²) >= 11 is 1.18. The SMILES string of the molecule is COCc1nc(OC)c2c(C)c(C(=O)N[C@H](CC(C)C)C(=O)O)sc2n1. The number of fused-ring (bicyclic) bond motifs is 1. The van der Waals surface area contributed by atoms with Crippen LogP contribution in [-0.4, -0.2) is 47.2 Å². The number of carboxylic acid groups (broad SMARTS) is 1. The van der Waals surface area contributed by atoms with Crippen molar-refractivity contribution in [1.82, 2.24) is 15.3 Å². The maximum Gasteiger partial charge on any atom is 0.326 e. The van der Waals surface area contributed by atoms with Crippen LogP contribution in [0.15, 0.2) is 0 Å². The van der Waals surface area contributed by atoms with Crippen LogP contribution < -0.4 is 10.1 Å². The van der Waals surface area contributed by atoms with E-state index in [0.717, 1.165) is 0 Å². The van der Waals surface area contributed by atoms with Gasteiger partial charge in [-0.3, -0.25) is 4.79 Å². The largest absolute Gasteiger partial charge is 0.480 e. The number of nitrogens with one attached hydrogen (secondary N) is 1. The minimum absolute atomic E-state index is 0.141. The van der Waals surface area contributed by atoms with Crippen LogP contribution in [0, 0.1) is 12.8 Å². The number of methoxy groups -OCH3 is 2. The molecule has 0 radical (unpaired) electrons. The molecule has 1 amide bonds. The number of aryl methyl sites for hydroxylation is 1. The van der Waals surface area contributed by atoms with Crippen molar-refractivity contribution in [3.63, 3.8) is 0 Å². The molecule has 0 saturated carbocycles. The first-order valence-electron chi connectivity index (χ1n) is 8.15. The van der Waals surface area contributed by atoms with E-state index >= 15 is 0 Å². The van der Waals surface area contributed by atoms with Crippen LogP contribution in [0.1, 0.15) is 41.3 Å². The van der Waals surface area contributed by atoms with E-state index in [1.165, 1.54) is 18.4 Å². The van der Waals surface area contributed by atoms with Gasteiger partial charge in [-0.15, -0.1) is 11.3 Å². The molecule has 0 bridgehead atoms. The summed E-state index contributed by atoms with van der Waals surface area (Å²) in [5, 5.41) is 12.6. The molecule has 0 aliphatic carbocycles. The van der Waals surface area contributed by atoms with Gasteiger partial charge in [0.15, 0.2) is 5.82 Å². The van der Waals surface area contributed by atoms with Crippen LogP contribution in [0.5, 0.6) is 5.88 Å². The third-order valence-corrected chi connectivity index (χ3v) is 4.97. The van der Waals surface area contributed by atoms with Crippen LogP contribution >= 0.6 is 11.3 Å². The molecule has 1 atom stereocenters. The molecule has 9 heteroatoms. The smallest absolute Gasteiger partial charge is 0.326 e. The van der Waals surface area contributed by atoms with Crippen LogP contribution in [0.25, 0.3) is 10.2 Å². The molecule has 26 heavy (non-hydrogen) atoms. The lowest BCUT2D eigenvalue weighted by Crippen LogP contribution is -2.41. The molecule has 0 saturated heterocycles. The van der Waals surface area contributed by atoms with Crippen molar-refractivity contribution >= 4 is 33.4 Å². The highest BCUT2D eigenvalue weighted by molar-refractivity contribution is 7.20. The monoisotopic (exact) mass is 381 g/mol. The third kappa shape index (κ3) is 4.28. The molecule has 8 nitrogen and oxygen atoms in total. The van der Waals surface area contributed by atoms with Crippen molar-refractivity contribution in [3.05, 3.63) is 16.3 Å². The highest BCUT2D eigenvalue weighted by atomic mass is 32.1. The number of nitrogens with zero attached hydrogens (tertiary/aromatic N) is 2. The van der Waals surface area contributed by atoms with Gasteiger partial charge >= 0.3 is 5.97 Å². The Morgan fingerprint density at radius 3 is 2.50 bits per heavy atom. The van der Waals surface area contributed by atoms with Crippen LogP contribution in [0.4, 0.5) is 0 Å². The Hall–Kier alpha value is -2.26. The van der Waals surface area contributed by atoms with Gasteiger partial charge in [0.1, 0.15) is 17.5 Å². The fourth-order valence-electron chi connectivity index (χ4n) is 2.62. The molecule has 0 aliphatic heterocycles. The van der Waals surface area contributed by atoms with E-state index in [9.17, 15) is 14.7 Å². The zero-order chi connectivity index (χ0) is 19.4. The number of rotatable bonds is 8. The summed E-state index contributed by atoms with van der Waals surface area (Å²) in [5.74, 6) is -0.526. The van der Waals surface area contributed by atoms with E-state index in [0.29, 0.717) is 38.8 Å². The number of hydrogen-bond acceptors (Lipinski definition) is 7. The van der Waals surface area contributed by atoms with Crippen molar-refractivity contribution in [3.8, 4) is 5.88 Å². The summed E-state index contributed by atoms with van der Waals surface area (Å²) in [7, 11) is 3.04. The number of aliphatic carboxylic acids is 1. The minimum Gasteiger partial charge on any atom is -0.480 e. The van der Waals surface area contributed by atoms with Crippen molar-refractivity contribution in [1.29, 1.82) is 0 Å². The minimum atomic E-state index is -1.05. The van der Waals surface area contributed by atoms with Gasteiger partial charge in [-0.2, -0.15) is 4.98 Å². The lowest BCUT2D eigenvalue weighted by Gasteiger charge is -2.16. The van der Waals surface area contributed by atoms with E-state index in [4.69, 9.17) is 9.47 Å². The summed E-state index contributed by atoms with van der Waals surface area (Å²) in [5.41, 5.74) is 0.664. The quantitative estimate of drug-likeness (QED) is 0.722. The zero-order valence-electron chi connectivity index (χ0n) is 15.5. The summed E-state index contributed by atoms with van der Waals surface area (Å²) in [6.45, 7) is 5.81. The number of thiophene rings is 1. The van der Waals surface area contributed by atoms with Gasteiger partial charge in [-0.05, 0) is 24.8 Å². The average Bonchev–Trinajstić information content (AvgIpc) is 2.90. The molecule has 0 unspecified atom stereocenters. The van der Waals surface area contributed by atoms with Crippen molar-refractivity contribution in [2.45, 2.75) is 39.8 Å². The molecular formula is C17H23N3O5S. The van der Waals surface area contributed by atoms with E-state index in [1.54, 1.807) is 14.0 Å². The highest BCUT2D eigenvalue weighted by Crippen LogP contribution is 2.35. The average molecular weight is 381 g/mol. The lowest BCUT2D eigenvalue weighted by molar-refractivity contribution is -0.139. The topological polar surface area (TPSA) is 111 Å². The van der Waals surface area contributed by atoms with Gasteiger partial charge in [0.2, 0.25) is 5.88 Å². The van der Waals surface area contributed by atoms with Crippen LogP contribution in [0.2, 0.25) is 0 Å². The summed E-state index contributed by atoms with van der Waals surface area (Å²) in [4.78, 5) is 33.8. The normalized spacial score (nSPS) is 12.4. The molecule has 2 aromatic rings.